The number of aryl methyl sites for hydroxylation is 2. The van der Waals surface area contributed by atoms with Gasteiger partial charge in [0.1, 0.15) is 0 Å². The Kier molecular flexibility index (Phi) is 3.32. The summed E-state index contributed by atoms with van der Waals surface area (Å²) in [6.07, 6.45) is 6.27. The fourth-order valence-corrected chi connectivity index (χ4v) is 2.69. The van der Waals surface area contributed by atoms with Crippen molar-refractivity contribution >= 4 is 0 Å². The molecule has 0 radical (unpaired) electrons. The number of aromatic nitrogens is 4. The Bertz CT molecular complexity index is 567. The average molecular weight is 256 g/mol. The Morgan fingerprint density at radius 2 is 1.84 bits per heavy atom. The van der Waals surface area contributed by atoms with Gasteiger partial charge in [-0.3, -0.25) is 0 Å². The molecule has 19 heavy (non-hydrogen) atoms. The van der Waals surface area contributed by atoms with Gasteiger partial charge in [0.2, 0.25) is 5.82 Å². The van der Waals surface area contributed by atoms with Crippen molar-refractivity contribution in [1.82, 2.24) is 20.2 Å². The predicted octanol–water partition coefficient (Wildman–Crippen LogP) is 3.46. The van der Waals surface area contributed by atoms with E-state index < -0.39 is 0 Å². The van der Waals surface area contributed by atoms with Crippen molar-refractivity contribution in [2.24, 2.45) is 0 Å². The van der Waals surface area contributed by atoms with Crippen molar-refractivity contribution in [2.75, 3.05) is 0 Å². The molecule has 4 heteroatoms. The minimum Gasteiger partial charge on any atom is -0.161 e. The van der Waals surface area contributed by atoms with Crippen LogP contribution in [0.5, 0.6) is 0 Å². The topological polar surface area (TPSA) is 43.6 Å². The molecule has 1 fully saturated rings. The summed E-state index contributed by atoms with van der Waals surface area (Å²) in [5.41, 5.74) is 3.63. The molecule has 0 spiro atoms. The highest BCUT2D eigenvalue weighted by Gasteiger charge is 2.18. The fraction of sp³-hybridized carbons (Fsp3) is 0.533. The summed E-state index contributed by atoms with van der Waals surface area (Å²) >= 11 is 0. The summed E-state index contributed by atoms with van der Waals surface area (Å²) < 4.78 is 0. The molecule has 1 saturated carbocycles. The van der Waals surface area contributed by atoms with E-state index in [4.69, 9.17) is 0 Å². The Morgan fingerprint density at radius 1 is 1.05 bits per heavy atom. The van der Waals surface area contributed by atoms with Gasteiger partial charge < -0.3 is 0 Å². The second kappa shape index (κ2) is 5.11. The van der Waals surface area contributed by atoms with Crippen LogP contribution in [0.2, 0.25) is 0 Å². The van der Waals surface area contributed by atoms with Gasteiger partial charge in [0, 0.05) is 5.56 Å². The highest BCUT2D eigenvalue weighted by atomic mass is 15.6. The molecule has 0 saturated heterocycles. The van der Waals surface area contributed by atoms with Crippen molar-refractivity contribution in [2.45, 2.75) is 52.0 Å². The van der Waals surface area contributed by atoms with Gasteiger partial charge in [0.25, 0.3) is 0 Å². The van der Waals surface area contributed by atoms with E-state index in [0.29, 0.717) is 6.04 Å². The summed E-state index contributed by atoms with van der Waals surface area (Å²) in [6.45, 7) is 4.23. The lowest BCUT2D eigenvalue weighted by Gasteiger charge is -2.19. The maximum atomic E-state index is 4.57. The van der Waals surface area contributed by atoms with Gasteiger partial charge in [-0.1, -0.05) is 31.4 Å². The van der Waals surface area contributed by atoms with E-state index in [1.807, 2.05) is 4.80 Å². The van der Waals surface area contributed by atoms with Gasteiger partial charge in [0.15, 0.2) is 0 Å². The first-order valence-electron chi connectivity index (χ1n) is 7.11. The van der Waals surface area contributed by atoms with Crippen LogP contribution in [0.1, 0.15) is 49.3 Å². The van der Waals surface area contributed by atoms with Crippen molar-refractivity contribution in [1.29, 1.82) is 0 Å². The Morgan fingerprint density at radius 3 is 2.58 bits per heavy atom. The maximum absolute atomic E-state index is 4.57. The van der Waals surface area contributed by atoms with Crippen molar-refractivity contribution in [3.8, 4) is 11.4 Å². The summed E-state index contributed by atoms with van der Waals surface area (Å²) in [5, 5.41) is 13.0. The van der Waals surface area contributed by atoms with E-state index in [1.165, 1.54) is 43.2 Å². The molecular formula is C15H20N4. The normalized spacial score (nSPS) is 16.7. The molecule has 0 atom stereocenters. The van der Waals surface area contributed by atoms with E-state index in [9.17, 15) is 0 Å². The Balaban J connectivity index is 1.85. The maximum Gasteiger partial charge on any atom is 0.204 e. The lowest BCUT2D eigenvalue weighted by atomic mass is 9.96. The van der Waals surface area contributed by atoms with Crippen LogP contribution >= 0.6 is 0 Å². The summed E-state index contributed by atoms with van der Waals surface area (Å²) in [5.74, 6) is 0.744. The van der Waals surface area contributed by atoms with Crippen LogP contribution in [0.15, 0.2) is 18.2 Å². The van der Waals surface area contributed by atoms with Gasteiger partial charge in [-0.25, -0.2) is 0 Å². The van der Waals surface area contributed by atoms with Crippen LogP contribution < -0.4 is 0 Å². The first-order chi connectivity index (χ1) is 9.24. The third-order valence-corrected chi connectivity index (χ3v) is 4.09. The number of benzene rings is 1. The number of tetrazole rings is 1. The molecule has 1 heterocycles. The second-order valence-corrected chi connectivity index (χ2v) is 5.52. The van der Waals surface area contributed by atoms with Crippen molar-refractivity contribution < 1.29 is 0 Å². The highest BCUT2D eigenvalue weighted by Crippen LogP contribution is 2.27. The standard InChI is InChI=1S/C15H20N4/c1-11-8-9-13(10-12(11)2)15-16-18-19(17-15)14-6-4-3-5-7-14/h8-10,14H,3-7H2,1-2H3. The van der Waals surface area contributed by atoms with Gasteiger partial charge >= 0.3 is 0 Å². The lowest BCUT2D eigenvalue weighted by Crippen LogP contribution is -2.15. The molecule has 0 N–H and O–H groups in total. The van der Waals surface area contributed by atoms with Crippen molar-refractivity contribution in [3.05, 3.63) is 29.3 Å². The Hall–Kier alpha value is -1.71. The van der Waals surface area contributed by atoms with Gasteiger partial charge in [0.05, 0.1) is 6.04 Å². The molecule has 0 aliphatic heterocycles. The van der Waals surface area contributed by atoms with E-state index in [1.54, 1.807) is 0 Å². The number of hydrogen-bond acceptors (Lipinski definition) is 3. The zero-order chi connectivity index (χ0) is 13.2. The predicted molar refractivity (Wildman–Crippen MR) is 74.8 cm³/mol. The lowest BCUT2D eigenvalue weighted by molar-refractivity contribution is 0.297. The zero-order valence-corrected chi connectivity index (χ0v) is 11.6. The average Bonchev–Trinajstić information content (AvgIpc) is 2.93. The SMILES string of the molecule is Cc1ccc(-c2nnn(C3CCCCC3)n2)cc1C. The van der Waals surface area contributed by atoms with Gasteiger partial charge in [-0.15, -0.1) is 10.2 Å². The van der Waals surface area contributed by atoms with Crippen molar-refractivity contribution in [3.63, 3.8) is 0 Å². The molecule has 0 unspecified atom stereocenters. The number of nitrogens with zero attached hydrogens (tertiary/aromatic N) is 4. The molecule has 0 bridgehead atoms. The number of rotatable bonds is 2. The first-order valence-corrected chi connectivity index (χ1v) is 7.11. The van der Waals surface area contributed by atoms with E-state index in [0.717, 1.165) is 11.4 Å². The Labute approximate surface area is 113 Å². The molecule has 1 aliphatic carbocycles. The molecule has 1 aromatic heterocycles. The minimum absolute atomic E-state index is 0.446. The molecule has 0 amide bonds. The third kappa shape index (κ3) is 2.53. The van der Waals surface area contributed by atoms with E-state index in [2.05, 4.69) is 47.5 Å². The van der Waals surface area contributed by atoms with E-state index in [-0.39, 0.29) is 0 Å². The third-order valence-electron chi connectivity index (χ3n) is 4.09. The van der Waals surface area contributed by atoms with Gasteiger partial charge in [-0.05, 0) is 49.1 Å². The molecule has 4 nitrogen and oxygen atoms in total. The van der Waals surface area contributed by atoms with Crippen LogP contribution in [-0.2, 0) is 0 Å². The quantitative estimate of drug-likeness (QED) is 0.826. The van der Waals surface area contributed by atoms with Crippen LogP contribution in [0.4, 0.5) is 0 Å². The minimum atomic E-state index is 0.446. The molecule has 1 aliphatic rings. The summed E-state index contributed by atoms with van der Waals surface area (Å²) in [4.78, 5) is 1.82. The van der Waals surface area contributed by atoms with Crippen LogP contribution in [0.25, 0.3) is 11.4 Å². The molecule has 1 aromatic carbocycles. The zero-order valence-electron chi connectivity index (χ0n) is 11.6. The number of hydrogen-bond donors (Lipinski definition) is 0. The molecule has 3 rings (SSSR count). The molecule has 2 aromatic rings. The summed E-state index contributed by atoms with van der Waals surface area (Å²) in [7, 11) is 0. The first kappa shape index (κ1) is 12.3. The summed E-state index contributed by atoms with van der Waals surface area (Å²) in [6, 6.07) is 6.77. The largest absolute Gasteiger partial charge is 0.204 e. The van der Waals surface area contributed by atoms with Crippen LogP contribution in [0, 0.1) is 13.8 Å². The van der Waals surface area contributed by atoms with E-state index >= 15 is 0 Å². The smallest absolute Gasteiger partial charge is 0.161 e. The monoisotopic (exact) mass is 256 g/mol. The molecule has 100 valence electrons. The van der Waals surface area contributed by atoms with Gasteiger partial charge in [-0.2, -0.15) is 4.80 Å². The van der Waals surface area contributed by atoms with Crippen LogP contribution in [0.3, 0.4) is 0 Å². The second-order valence-electron chi connectivity index (χ2n) is 5.52. The highest BCUT2D eigenvalue weighted by molar-refractivity contribution is 5.56. The van der Waals surface area contributed by atoms with Crippen LogP contribution in [-0.4, -0.2) is 20.2 Å². The fourth-order valence-electron chi connectivity index (χ4n) is 2.69. The molecular weight excluding hydrogens is 236 g/mol.